The van der Waals surface area contributed by atoms with Crippen molar-refractivity contribution in [3.8, 4) is 0 Å². The minimum Gasteiger partial charge on any atom is -1.00 e. The number of aromatic nitrogens is 2. The molecule has 0 aliphatic heterocycles. The summed E-state index contributed by atoms with van der Waals surface area (Å²) in [7, 11) is 8.12. The summed E-state index contributed by atoms with van der Waals surface area (Å²) in [4.78, 5) is 4.15. The molecule has 1 aromatic heterocycles. The van der Waals surface area contributed by atoms with Gasteiger partial charge in [0.25, 0.3) is 0 Å². The highest BCUT2D eigenvalue weighted by Crippen LogP contribution is 2.12. The molecule has 0 aliphatic carbocycles. The van der Waals surface area contributed by atoms with Crippen LogP contribution in [0.5, 0.6) is 0 Å². The summed E-state index contributed by atoms with van der Waals surface area (Å²) in [5.41, 5.74) is 4.43. The van der Waals surface area contributed by atoms with E-state index in [0.29, 0.717) is 0 Å². The third kappa shape index (κ3) is 5.68. The molecule has 0 saturated carbocycles. The second kappa shape index (κ2) is 9.89. The highest BCUT2D eigenvalue weighted by Gasteiger charge is 2.08. The molecule has 29 heavy (non-hydrogen) atoms. The van der Waals surface area contributed by atoms with Crippen molar-refractivity contribution >= 4 is 23.8 Å². The first-order valence-electron chi connectivity index (χ1n) is 9.17. The van der Waals surface area contributed by atoms with E-state index in [9.17, 15) is 0 Å². The lowest BCUT2D eigenvalue weighted by Gasteiger charge is -2.11. The largest absolute Gasteiger partial charge is 1.00 e. The Morgan fingerprint density at radius 3 is 1.34 bits per heavy atom. The fourth-order valence-corrected chi connectivity index (χ4v) is 2.67. The molecule has 0 aliphatic rings. The number of rotatable bonds is 6. The fraction of sp³-hybridized carbons (Fsp3) is 0.227. The first kappa shape index (κ1) is 22.2. The lowest BCUT2D eigenvalue weighted by molar-refractivity contribution is -0.00000585. The van der Waals surface area contributed by atoms with Gasteiger partial charge in [-0.2, -0.15) is 0 Å². The van der Waals surface area contributed by atoms with Crippen molar-refractivity contribution in [1.29, 1.82) is 0 Å². The standard InChI is InChI=1S/C22H27N6.ClH/c1-18-27(23-16-19-6-10-21(11-7-19)25(2)3)14-15-28(18)24-17-20-8-12-22(13-9-20)26(4)5;/h6-17H,1-5H3;1H/q+1;/p-1. The van der Waals surface area contributed by atoms with Crippen molar-refractivity contribution in [2.75, 3.05) is 38.0 Å². The quantitative estimate of drug-likeness (QED) is 0.445. The maximum atomic E-state index is 4.54. The summed E-state index contributed by atoms with van der Waals surface area (Å²) in [6.07, 6.45) is 7.49. The molecule has 3 aromatic rings. The molecule has 6 nitrogen and oxygen atoms in total. The van der Waals surface area contributed by atoms with E-state index in [2.05, 4.69) is 68.5 Å². The Hall–Kier alpha value is -3.12. The maximum absolute atomic E-state index is 4.54. The average Bonchev–Trinajstić information content (AvgIpc) is 3.05. The first-order chi connectivity index (χ1) is 13.4. The molecule has 0 amide bonds. The van der Waals surface area contributed by atoms with Gasteiger partial charge in [0.15, 0.2) is 12.4 Å². The van der Waals surface area contributed by atoms with Crippen LogP contribution in [0.15, 0.2) is 71.1 Å². The van der Waals surface area contributed by atoms with Crippen molar-refractivity contribution in [2.45, 2.75) is 6.92 Å². The average molecular weight is 411 g/mol. The topological polar surface area (TPSA) is 41.1 Å². The van der Waals surface area contributed by atoms with Crippen LogP contribution in [0.2, 0.25) is 0 Å². The normalized spacial score (nSPS) is 11.1. The van der Waals surface area contributed by atoms with Gasteiger partial charge in [-0.05, 0) is 35.4 Å². The second-order valence-corrected chi connectivity index (χ2v) is 7.00. The zero-order valence-electron chi connectivity index (χ0n) is 17.5. The molecular formula is C22H27ClN6. The molecule has 0 fully saturated rings. The minimum absolute atomic E-state index is 0. The number of halogens is 1. The molecule has 0 radical (unpaired) electrons. The lowest BCUT2D eigenvalue weighted by atomic mass is 10.2. The van der Waals surface area contributed by atoms with Gasteiger partial charge in [-0.25, -0.2) is 0 Å². The maximum Gasteiger partial charge on any atom is 0.235 e. The molecule has 0 spiro atoms. The summed E-state index contributed by atoms with van der Waals surface area (Å²) in [5.74, 6) is 0.919. The zero-order valence-corrected chi connectivity index (χ0v) is 18.2. The molecule has 7 heteroatoms. The van der Waals surface area contributed by atoms with E-state index in [0.717, 1.165) is 17.0 Å². The van der Waals surface area contributed by atoms with Gasteiger partial charge in [-0.3, -0.25) is 0 Å². The van der Waals surface area contributed by atoms with Crippen LogP contribution in [-0.4, -0.2) is 50.0 Å². The lowest BCUT2D eigenvalue weighted by Crippen LogP contribution is -3.00. The van der Waals surface area contributed by atoms with Crippen LogP contribution < -0.4 is 22.2 Å². The highest BCUT2D eigenvalue weighted by atomic mass is 35.5. The third-order valence-corrected chi connectivity index (χ3v) is 4.49. The van der Waals surface area contributed by atoms with Crippen LogP contribution in [-0.2, 0) is 0 Å². The van der Waals surface area contributed by atoms with Crippen LogP contribution in [0.4, 0.5) is 11.4 Å². The van der Waals surface area contributed by atoms with Crippen LogP contribution in [0.25, 0.3) is 0 Å². The van der Waals surface area contributed by atoms with E-state index in [1.165, 1.54) is 11.4 Å². The van der Waals surface area contributed by atoms with Crippen LogP contribution in [0.3, 0.4) is 0 Å². The monoisotopic (exact) mass is 410 g/mol. The molecule has 2 aromatic carbocycles. The summed E-state index contributed by atoms with van der Waals surface area (Å²) in [6, 6.07) is 16.5. The molecule has 3 rings (SSSR count). The van der Waals surface area contributed by atoms with E-state index >= 15 is 0 Å². The van der Waals surface area contributed by atoms with E-state index < -0.39 is 0 Å². The van der Waals surface area contributed by atoms with Crippen molar-refractivity contribution in [3.63, 3.8) is 0 Å². The Morgan fingerprint density at radius 1 is 0.690 bits per heavy atom. The SMILES string of the molecule is C[c+]1n(N=Cc2ccc(N(C)C)cc2)ccn1N=Cc1ccc(N(C)C)cc1.[Cl-]. The number of anilines is 2. The number of hydrogen-bond acceptors (Lipinski definition) is 4. The minimum atomic E-state index is 0. The van der Waals surface area contributed by atoms with Crippen molar-refractivity contribution in [3.05, 3.63) is 77.9 Å². The Labute approximate surface area is 178 Å². The smallest absolute Gasteiger partial charge is 0.235 e. The Kier molecular flexibility index (Phi) is 7.56. The van der Waals surface area contributed by atoms with Gasteiger partial charge < -0.3 is 22.2 Å². The van der Waals surface area contributed by atoms with Crippen LogP contribution in [0.1, 0.15) is 17.0 Å². The van der Waals surface area contributed by atoms with Gasteiger partial charge in [-0.1, -0.05) is 24.3 Å². The predicted molar refractivity (Wildman–Crippen MR) is 119 cm³/mol. The van der Waals surface area contributed by atoms with Gasteiger partial charge in [0.2, 0.25) is 5.82 Å². The molecule has 152 valence electrons. The summed E-state index contributed by atoms with van der Waals surface area (Å²) in [5, 5.41) is 9.07. The first-order valence-corrected chi connectivity index (χ1v) is 9.17. The Balaban J connectivity index is 0.00000300. The summed E-state index contributed by atoms with van der Waals surface area (Å²) >= 11 is 0. The fourth-order valence-electron chi connectivity index (χ4n) is 2.67. The van der Waals surface area contributed by atoms with Crippen molar-refractivity contribution in [1.82, 2.24) is 9.35 Å². The van der Waals surface area contributed by atoms with Crippen LogP contribution >= 0.6 is 0 Å². The molecular weight excluding hydrogens is 384 g/mol. The van der Waals surface area contributed by atoms with Gasteiger partial charge in [-0.15, -0.1) is 19.6 Å². The molecule has 0 N–H and O–H groups in total. The summed E-state index contributed by atoms with van der Waals surface area (Å²) < 4.78 is 3.62. The molecule has 1 heterocycles. The number of hydrogen-bond donors (Lipinski definition) is 0. The van der Waals surface area contributed by atoms with Crippen molar-refractivity contribution in [2.24, 2.45) is 10.2 Å². The van der Waals surface area contributed by atoms with E-state index in [-0.39, 0.29) is 12.4 Å². The van der Waals surface area contributed by atoms with Gasteiger partial charge in [0.05, 0.1) is 12.4 Å². The van der Waals surface area contributed by atoms with Crippen LogP contribution in [0, 0.1) is 6.92 Å². The van der Waals surface area contributed by atoms with E-state index in [1.54, 1.807) is 0 Å². The summed E-state index contributed by atoms with van der Waals surface area (Å²) in [6.45, 7) is 1.99. The predicted octanol–water partition coefficient (Wildman–Crippen LogP) is 0.780. The van der Waals surface area contributed by atoms with Gasteiger partial charge in [0, 0.05) is 46.5 Å². The molecule has 0 bridgehead atoms. The van der Waals surface area contributed by atoms with E-state index in [4.69, 9.17) is 0 Å². The van der Waals surface area contributed by atoms with E-state index in [1.807, 2.05) is 69.3 Å². The number of nitrogens with zero attached hydrogens (tertiary/aromatic N) is 6. The Morgan fingerprint density at radius 2 is 1.03 bits per heavy atom. The number of benzene rings is 2. The zero-order chi connectivity index (χ0) is 20.1. The number of imidazole rings is 1. The van der Waals surface area contributed by atoms with Crippen molar-refractivity contribution < 1.29 is 12.4 Å². The van der Waals surface area contributed by atoms with Gasteiger partial charge in [0.1, 0.15) is 0 Å². The highest BCUT2D eigenvalue weighted by molar-refractivity contribution is 5.81. The Bertz CT molecular complexity index is 891. The second-order valence-electron chi connectivity index (χ2n) is 7.00. The molecule has 0 atom stereocenters. The third-order valence-electron chi connectivity index (χ3n) is 4.49. The molecule has 0 saturated heterocycles. The van der Waals surface area contributed by atoms with Gasteiger partial charge >= 0.3 is 0 Å². The molecule has 0 unspecified atom stereocenters.